The molecule has 12 rings (SSSR count). The summed E-state index contributed by atoms with van der Waals surface area (Å²) in [4.78, 5) is 2.31. The van der Waals surface area contributed by atoms with Crippen LogP contribution in [-0.4, -0.2) is 9.13 Å². The van der Waals surface area contributed by atoms with Gasteiger partial charge in [-0.25, -0.2) is 0 Å². The van der Waals surface area contributed by atoms with Crippen molar-refractivity contribution in [3.63, 3.8) is 0 Å². The molecule has 0 unspecified atom stereocenters. The van der Waals surface area contributed by atoms with E-state index >= 15 is 0 Å². The largest absolute Gasteiger partial charge is 0.453 e. The number of rotatable bonds is 3. The predicted molar refractivity (Wildman–Crippen MR) is 215 cm³/mol. The summed E-state index contributed by atoms with van der Waals surface area (Å²) in [7, 11) is 0. The molecule has 0 radical (unpaired) electrons. The van der Waals surface area contributed by atoms with Gasteiger partial charge in [-0.3, -0.25) is 0 Å². The monoisotopic (exact) mass is 679 g/mol. The van der Waals surface area contributed by atoms with Gasteiger partial charge in [-0.2, -0.15) is 0 Å². The fourth-order valence-electron chi connectivity index (χ4n) is 8.56. The number of hydrogen-bond acceptors (Lipinski definition) is 3. The van der Waals surface area contributed by atoms with Crippen molar-refractivity contribution < 1.29 is 9.47 Å². The van der Waals surface area contributed by atoms with E-state index in [-0.39, 0.29) is 0 Å². The Balaban J connectivity index is 0.973. The van der Waals surface area contributed by atoms with E-state index in [1.54, 1.807) is 0 Å². The molecular weight excluding hydrogens is 651 g/mol. The summed E-state index contributed by atoms with van der Waals surface area (Å²) in [5, 5.41) is 4.83. The SMILES string of the molecule is c1ccc2c(c1)Oc1ccccc1N2c1ccc2c(c1)c1ccccc1n2-c1ccc(-c2ccc3c(c2)c2cccc4c2n3-c2ccccc2O4)cc1. The zero-order valence-electron chi connectivity index (χ0n) is 28.4. The molecule has 8 aromatic carbocycles. The van der Waals surface area contributed by atoms with Gasteiger partial charge in [-0.1, -0.05) is 84.9 Å². The molecular formula is C48H29N3O2. The second-order valence-electron chi connectivity index (χ2n) is 13.8. The lowest BCUT2D eigenvalue weighted by atomic mass is 10.0. The zero-order chi connectivity index (χ0) is 34.6. The van der Waals surface area contributed by atoms with Crippen LogP contribution in [0, 0.1) is 0 Å². The molecule has 0 aliphatic carbocycles. The van der Waals surface area contributed by atoms with Gasteiger partial charge >= 0.3 is 0 Å². The zero-order valence-corrected chi connectivity index (χ0v) is 28.4. The smallest absolute Gasteiger partial charge is 0.152 e. The van der Waals surface area contributed by atoms with Crippen LogP contribution in [0.15, 0.2) is 176 Å². The molecule has 2 aromatic heterocycles. The number of benzene rings is 8. The number of anilines is 3. The summed E-state index contributed by atoms with van der Waals surface area (Å²) >= 11 is 0. The second kappa shape index (κ2) is 10.6. The van der Waals surface area contributed by atoms with Crippen LogP contribution in [0.1, 0.15) is 0 Å². The van der Waals surface area contributed by atoms with Crippen LogP contribution in [0.5, 0.6) is 23.0 Å². The van der Waals surface area contributed by atoms with E-state index in [0.717, 1.165) is 62.5 Å². The first-order valence-electron chi connectivity index (χ1n) is 17.9. The van der Waals surface area contributed by atoms with E-state index in [2.05, 4.69) is 154 Å². The predicted octanol–water partition coefficient (Wildman–Crippen LogP) is 13.2. The van der Waals surface area contributed by atoms with Crippen molar-refractivity contribution in [1.29, 1.82) is 0 Å². The van der Waals surface area contributed by atoms with Gasteiger partial charge in [0.2, 0.25) is 0 Å². The Labute approximate surface area is 304 Å². The van der Waals surface area contributed by atoms with Gasteiger partial charge in [0.25, 0.3) is 0 Å². The van der Waals surface area contributed by atoms with Crippen LogP contribution in [-0.2, 0) is 0 Å². The average molecular weight is 680 g/mol. The number of hydrogen-bond donors (Lipinski definition) is 0. The van der Waals surface area contributed by atoms with Crippen molar-refractivity contribution in [3.8, 4) is 45.5 Å². The molecule has 5 heteroatoms. The maximum Gasteiger partial charge on any atom is 0.152 e. The molecule has 0 saturated carbocycles. The standard InChI is InChI=1S/C48H29N3O2/c1-2-12-38-34(10-1)37-29-33(50-41-13-3-6-16-44(41)52-45-17-7-4-14-42(45)50)25-27-39(37)49(38)32-23-20-30(21-24-32)31-22-26-40-36(28-31)35-11-9-19-47-48(35)51(40)43-15-5-8-18-46(43)53-47/h1-29H. The third-order valence-electron chi connectivity index (χ3n) is 10.9. The van der Waals surface area contributed by atoms with Crippen LogP contribution in [0.4, 0.5) is 17.1 Å². The van der Waals surface area contributed by atoms with Crippen molar-refractivity contribution in [2.24, 2.45) is 0 Å². The van der Waals surface area contributed by atoms with Crippen molar-refractivity contribution in [2.45, 2.75) is 0 Å². The molecule has 248 valence electrons. The Kier molecular flexibility index (Phi) is 5.71. The molecule has 0 fully saturated rings. The number of fused-ring (bicyclic) bond motifs is 10. The number of nitrogens with zero attached hydrogens (tertiary/aromatic N) is 3. The molecule has 0 saturated heterocycles. The van der Waals surface area contributed by atoms with Crippen molar-refractivity contribution in [2.75, 3.05) is 4.90 Å². The van der Waals surface area contributed by atoms with Gasteiger partial charge in [0, 0.05) is 32.9 Å². The topological polar surface area (TPSA) is 31.6 Å². The first kappa shape index (κ1) is 28.5. The Morgan fingerprint density at radius 3 is 1.64 bits per heavy atom. The summed E-state index contributed by atoms with van der Waals surface area (Å²) < 4.78 is 17.4. The minimum absolute atomic E-state index is 0.849. The summed E-state index contributed by atoms with van der Waals surface area (Å²) in [6.07, 6.45) is 0. The maximum atomic E-state index is 6.34. The van der Waals surface area contributed by atoms with E-state index in [4.69, 9.17) is 9.47 Å². The first-order valence-corrected chi connectivity index (χ1v) is 17.9. The van der Waals surface area contributed by atoms with E-state index in [1.165, 1.54) is 43.7 Å². The Morgan fingerprint density at radius 1 is 0.321 bits per heavy atom. The minimum atomic E-state index is 0.849. The van der Waals surface area contributed by atoms with Crippen LogP contribution in [0.25, 0.3) is 66.1 Å². The van der Waals surface area contributed by atoms with Crippen molar-refractivity contribution in [1.82, 2.24) is 9.13 Å². The third-order valence-corrected chi connectivity index (χ3v) is 10.9. The number of para-hydroxylation sites is 8. The highest BCUT2D eigenvalue weighted by Crippen LogP contribution is 2.51. The van der Waals surface area contributed by atoms with Crippen LogP contribution in [0.2, 0.25) is 0 Å². The lowest BCUT2D eigenvalue weighted by Gasteiger charge is -2.32. The van der Waals surface area contributed by atoms with Crippen LogP contribution >= 0.6 is 0 Å². The van der Waals surface area contributed by atoms with E-state index in [1.807, 2.05) is 36.4 Å². The Bertz CT molecular complexity index is 3090. The van der Waals surface area contributed by atoms with Crippen molar-refractivity contribution in [3.05, 3.63) is 176 Å². The summed E-state index contributed by atoms with van der Waals surface area (Å²) in [6, 6.07) is 62.4. The fourth-order valence-corrected chi connectivity index (χ4v) is 8.56. The number of aromatic nitrogens is 2. The normalized spacial score (nSPS) is 12.8. The highest BCUT2D eigenvalue weighted by atomic mass is 16.5. The van der Waals surface area contributed by atoms with Gasteiger partial charge < -0.3 is 23.5 Å². The molecule has 10 aromatic rings. The van der Waals surface area contributed by atoms with Crippen LogP contribution in [0.3, 0.4) is 0 Å². The van der Waals surface area contributed by atoms with E-state index in [9.17, 15) is 0 Å². The van der Waals surface area contributed by atoms with Crippen LogP contribution < -0.4 is 14.4 Å². The van der Waals surface area contributed by atoms with Gasteiger partial charge in [0.05, 0.1) is 39.1 Å². The summed E-state index contributed by atoms with van der Waals surface area (Å²) in [6.45, 7) is 0. The summed E-state index contributed by atoms with van der Waals surface area (Å²) in [5.41, 5.74) is 12.3. The Morgan fingerprint density at radius 2 is 0.849 bits per heavy atom. The molecule has 5 nitrogen and oxygen atoms in total. The molecule has 53 heavy (non-hydrogen) atoms. The fraction of sp³-hybridized carbons (Fsp3) is 0. The van der Waals surface area contributed by atoms with Gasteiger partial charge in [0.15, 0.2) is 23.0 Å². The second-order valence-corrected chi connectivity index (χ2v) is 13.8. The molecule has 4 heterocycles. The van der Waals surface area contributed by atoms with Gasteiger partial charge in [0.1, 0.15) is 0 Å². The first-order chi connectivity index (χ1) is 26.3. The molecule has 0 bridgehead atoms. The van der Waals surface area contributed by atoms with Crippen molar-refractivity contribution >= 4 is 60.7 Å². The minimum Gasteiger partial charge on any atom is -0.453 e. The molecule has 0 amide bonds. The molecule has 2 aliphatic heterocycles. The molecule has 0 atom stereocenters. The third kappa shape index (κ3) is 4.02. The van der Waals surface area contributed by atoms with Gasteiger partial charge in [-0.15, -0.1) is 0 Å². The highest BCUT2D eigenvalue weighted by Gasteiger charge is 2.27. The number of ether oxygens (including phenoxy) is 2. The lowest BCUT2D eigenvalue weighted by Crippen LogP contribution is -2.15. The van der Waals surface area contributed by atoms with E-state index < -0.39 is 0 Å². The Hall–Kier alpha value is -7.24. The summed E-state index contributed by atoms with van der Waals surface area (Å²) in [5.74, 6) is 3.46. The molecule has 2 aliphatic rings. The molecule has 0 spiro atoms. The maximum absolute atomic E-state index is 6.34. The molecule has 0 N–H and O–H groups in total. The lowest BCUT2D eigenvalue weighted by molar-refractivity contribution is 0.476. The highest BCUT2D eigenvalue weighted by molar-refractivity contribution is 6.13. The van der Waals surface area contributed by atoms with Gasteiger partial charge in [-0.05, 0) is 102 Å². The quantitative estimate of drug-likeness (QED) is 0.186. The van der Waals surface area contributed by atoms with E-state index in [0.29, 0.717) is 0 Å². The average Bonchev–Trinajstić information content (AvgIpc) is 3.73.